The number of carbonyl (C=O) groups is 4. The van der Waals surface area contributed by atoms with Crippen molar-refractivity contribution >= 4 is 79.6 Å². The van der Waals surface area contributed by atoms with Gasteiger partial charge >= 0.3 is 11.9 Å². The SMILES string of the molecule is CC(C)CCCCC(CCSSCC(NC(=O)C(C)(C)S)C(=O)O)SSCC(NC(=O)C(C)(C)C)C(=O)O. The van der Waals surface area contributed by atoms with E-state index in [1.54, 1.807) is 56.2 Å². The van der Waals surface area contributed by atoms with Crippen LogP contribution in [0.25, 0.3) is 0 Å². The van der Waals surface area contributed by atoms with Crippen LogP contribution in [0.2, 0.25) is 0 Å². The first kappa shape index (κ1) is 37.6. The molecule has 0 aliphatic carbocycles. The molecule has 0 saturated carbocycles. The maximum Gasteiger partial charge on any atom is 0.327 e. The number of hydrogen-bond donors (Lipinski definition) is 5. The third-order valence-corrected chi connectivity index (χ3v) is 10.9. The van der Waals surface area contributed by atoms with E-state index in [-0.39, 0.29) is 17.4 Å². The molecule has 0 aliphatic heterocycles. The molecule has 0 bridgehead atoms. The van der Waals surface area contributed by atoms with Gasteiger partial charge in [-0.1, -0.05) is 97.1 Å². The number of nitrogens with one attached hydrogen (secondary N) is 2. The van der Waals surface area contributed by atoms with E-state index >= 15 is 0 Å². The molecular weight excluding hydrogens is 585 g/mol. The van der Waals surface area contributed by atoms with Gasteiger partial charge in [0.1, 0.15) is 12.1 Å². The number of carboxylic acids is 2. The van der Waals surface area contributed by atoms with Crippen molar-refractivity contribution in [3.63, 3.8) is 0 Å². The first-order valence-corrected chi connectivity index (χ1v) is 18.1. The molecule has 0 aromatic heterocycles. The molecule has 0 rings (SSSR count). The Morgan fingerprint density at radius 2 is 1.26 bits per heavy atom. The molecule has 0 saturated heterocycles. The minimum absolute atomic E-state index is 0.240. The molecule has 0 fully saturated rings. The summed E-state index contributed by atoms with van der Waals surface area (Å²) in [6, 6.07) is -1.93. The van der Waals surface area contributed by atoms with Gasteiger partial charge in [0, 0.05) is 27.9 Å². The fourth-order valence-corrected chi connectivity index (χ4v) is 8.20. The third-order valence-electron chi connectivity index (χ3n) is 5.28. The van der Waals surface area contributed by atoms with Crippen molar-refractivity contribution in [2.24, 2.45) is 11.3 Å². The van der Waals surface area contributed by atoms with Crippen LogP contribution < -0.4 is 10.6 Å². The number of unbranched alkanes of at least 4 members (excludes halogenated alkanes) is 1. The molecular formula is C25H46N2O6S5. The number of carboxylic acid groups (broad SMARTS) is 2. The highest BCUT2D eigenvalue weighted by molar-refractivity contribution is 8.77. The Morgan fingerprint density at radius 3 is 1.74 bits per heavy atom. The smallest absolute Gasteiger partial charge is 0.327 e. The van der Waals surface area contributed by atoms with E-state index in [9.17, 15) is 29.4 Å². The Labute approximate surface area is 249 Å². The molecule has 3 unspecified atom stereocenters. The number of aliphatic carboxylic acids is 2. The van der Waals surface area contributed by atoms with Gasteiger partial charge in [0.15, 0.2) is 0 Å². The van der Waals surface area contributed by atoms with Crippen molar-refractivity contribution in [1.82, 2.24) is 10.6 Å². The predicted molar refractivity (Wildman–Crippen MR) is 168 cm³/mol. The van der Waals surface area contributed by atoms with Crippen LogP contribution in [-0.2, 0) is 19.2 Å². The fourth-order valence-electron chi connectivity index (χ4n) is 2.78. The molecule has 0 aromatic rings. The largest absolute Gasteiger partial charge is 0.480 e. The summed E-state index contributed by atoms with van der Waals surface area (Å²) in [4.78, 5) is 47.5. The van der Waals surface area contributed by atoms with Crippen molar-refractivity contribution in [2.45, 2.75) is 103 Å². The first-order valence-electron chi connectivity index (χ1n) is 12.8. The second kappa shape index (κ2) is 18.9. The van der Waals surface area contributed by atoms with E-state index in [0.717, 1.165) is 31.4 Å². The van der Waals surface area contributed by atoms with Crippen LogP contribution in [0.5, 0.6) is 0 Å². The van der Waals surface area contributed by atoms with Crippen LogP contribution in [0.15, 0.2) is 0 Å². The molecule has 13 heteroatoms. The van der Waals surface area contributed by atoms with Gasteiger partial charge in [-0.05, 0) is 32.6 Å². The van der Waals surface area contributed by atoms with E-state index < -0.39 is 40.1 Å². The Balaban J connectivity index is 4.79. The second-order valence-corrected chi connectivity index (χ2v) is 17.6. The lowest BCUT2D eigenvalue weighted by molar-refractivity contribution is -0.142. The lowest BCUT2D eigenvalue weighted by Gasteiger charge is -2.22. The highest BCUT2D eigenvalue weighted by atomic mass is 33.1. The van der Waals surface area contributed by atoms with E-state index in [0.29, 0.717) is 11.2 Å². The molecule has 3 atom stereocenters. The zero-order valence-corrected chi connectivity index (χ0v) is 27.7. The summed E-state index contributed by atoms with van der Waals surface area (Å²) in [5.74, 6) is -0.869. The van der Waals surface area contributed by atoms with Gasteiger partial charge in [0.05, 0.1) is 4.75 Å². The normalized spacial score (nSPS) is 14.6. The summed E-state index contributed by atoms with van der Waals surface area (Å²) in [7, 11) is 6.11. The topological polar surface area (TPSA) is 133 Å². The highest BCUT2D eigenvalue weighted by Crippen LogP contribution is 2.35. The summed E-state index contributed by atoms with van der Waals surface area (Å²) in [5.41, 5.74) is -0.662. The summed E-state index contributed by atoms with van der Waals surface area (Å²) in [6.45, 7) is 12.9. The van der Waals surface area contributed by atoms with E-state index in [2.05, 4.69) is 37.1 Å². The zero-order valence-electron chi connectivity index (χ0n) is 23.6. The monoisotopic (exact) mass is 630 g/mol. The second-order valence-electron chi connectivity index (χ2n) is 11.1. The number of thiol groups is 1. The van der Waals surface area contributed by atoms with E-state index in [4.69, 9.17) is 0 Å². The van der Waals surface area contributed by atoms with E-state index in [1.165, 1.54) is 28.0 Å². The molecule has 4 N–H and O–H groups in total. The van der Waals surface area contributed by atoms with Gasteiger partial charge in [0.25, 0.3) is 0 Å². The predicted octanol–water partition coefficient (Wildman–Crippen LogP) is 5.62. The lowest BCUT2D eigenvalue weighted by atomic mass is 9.95. The summed E-state index contributed by atoms with van der Waals surface area (Å²) >= 11 is 4.19. The number of hydrogen-bond acceptors (Lipinski definition) is 9. The fraction of sp³-hybridized carbons (Fsp3) is 0.840. The molecule has 0 spiro atoms. The molecule has 0 aliphatic rings. The van der Waals surface area contributed by atoms with Gasteiger partial charge in [-0.2, -0.15) is 12.6 Å². The van der Waals surface area contributed by atoms with Crippen molar-refractivity contribution in [3.8, 4) is 0 Å². The van der Waals surface area contributed by atoms with Crippen LogP contribution in [0, 0.1) is 11.3 Å². The van der Waals surface area contributed by atoms with Crippen LogP contribution in [0.3, 0.4) is 0 Å². The van der Waals surface area contributed by atoms with Crippen LogP contribution in [0.4, 0.5) is 0 Å². The standard InChI is InChI=1S/C25H46N2O6S5/c1-16(2)10-8-9-11-17(38-37-15-19(21(30)31)26-22(32)24(3,4)5)12-13-35-36-14-18(20(28)29)27-23(33)25(6,7)34/h16-19,34H,8-15H2,1-7H3,(H,26,32)(H,27,33)(H,28,29)(H,30,31). The molecule has 8 nitrogen and oxygen atoms in total. The average molecular weight is 631 g/mol. The first-order chi connectivity index (χ1) is 17.4. The molecule has 0 aromatic carbocycles. The Kier molecular flexibility index (Phi) is 18.7. The minimum Gasteiger partial charge on any atom is -0.480 e. The average Bonchev–Trinajstić information content (AvgIpc) is 2.77. The van der Waals surface area contributed by atoms with E-state index in [1.807, 2.05) is 0 Å². The third kappa shape index (κ3) is 18.1. The highest BCUT2D eigenvalue weighted by Gasteiger charge is 2.29. The molecule has 38 heavy (non-hydrogen) atoms. The maximum absolute atomic E-state index is 12.2. The Morgan fingerprint density at radius 1 is 0.763 bits per heavy atom. The van der Waals surface area contributed by atoms with Gasteiger partial charge in [-0.15, -0.1) is 0 Å². The molecule has 0 radical (unpaired) electrons. The number of rotatable bonds is 20. The maximum atomic E-state index is 12.2. The molecule has 222 valence electrons. The molecule has 2 amide bonds. The van der Waals surface area contributed by atoms with Crippen molar-refractivity contribution in [1.29, 1.82) is 0 Å². The van der Waals surface area contributed by atoms with Gasteiger partial charge in [-0.3, -0.25) is 9.59 Å². The van der Waals surface area contributed by atoms with Gasteiger partial charge in [0.2, 0.25) is 11.8 Å². The van der Waals surface area contributed by atoms with Crippen LogP contribution >= 0.6 is 55.8 Å². The quantitative estimate of drug-likeness (QED) is 0.0656. The Bertz CT molecular complexity index is 756. The van der Waals surface area contributed by atoms with Crippen molar-refractivity contribution in [3.05, 3.63) is 0 Å². The lowest BCUT2D eigenvalue weighted by Crippen LogP contribution is -2.48. The zero-order chi connectivity index (χ0) is 29.5. The van der Waals surface area contributed by atoms with Crippen LogP contribution in [-0.4, -0.2) is 73.3 Å². The number of carbonyl (C=O) groups excluding carboxylic acids is 2. The van der Waals surface area contributed by atoms with Gasteiger partial charge in [-0.25, -0.2) is 9.59 Å². The summed E-state index contributed by atoms with van der Waals surface area (Å²) < 4.78 is -0.960. The minimum atomic E-state index is -1.08. The van der Waals surface area contributed by atoms with Crippen molar-refractivity contribution < 1.29 is 29.4 Å². The van der Waals surface area contributed by atoms with Crippen LogP contribution in [0.1, 0.15) is 80.6 Å². The number of amides is 2. The summed E-state index contributed by atoms with van der Waals surface area (Å²) in [6.07, 6.45) is 5.29. The van der Waals surface area contributed by atoms with Crippen molar-refractivity contribution in [2.75, 3.05) is 17.3 Å². The molecule has 0 heterocycles. The van der Waals surface area contributed by atoms with Gasteiger partial charge < -0.3 is 20.8 Å². The summed E-state index contributed by atoms with van der Waals surface area (Å²) in [5, 5.41) is 24.5. The Hall–Kier alpha value is -0.370.